The molecule has 1 amide bonds. The third-order valence-electron chi connectivity index (χ3n) is 3.85. The van der Waals surface area contributed by atoms with Crippen molar-refractivity contribution in [1.82, 2.24) is 10.7 Å². The zero-order valence-electron chi connectivity index (χ0n) is 14.6. The summed E-state index contributed by atoms with van der Waals surface area (Å²) in [7, 11) is 0. The Bertz CT molecular complexity index is 804. The molecule has 1 fully saturated rings. The van der Waals surface area contributed by atoms with Crippen LogP contribution in [0.2, 0.25) is 0 Å². The van der Waals surface area contributed by atoms with E-state index in [4.69, 9.17) is 4.74 Å². The molecule has 0 bridgehead atoms. The first kappa shape index (κ1) is 18.1. The summed E-state index contributed by atoms with van der Waals surface area (Å²) in [4.78, 5) is 12.2. The predicted molar refractivity (Wildman–Crippen MR) is 107 cm³/mol. The minimum atomic E-state index is -0.196. The van der Waals surface area contributed by atoms with Gasteiger partial charge in [-0.1, -0.05) is 60.8 Å². The summed E-state index contributed by atoms with van der Waals surface area (Å²) < 4.78 is 5.44. The summed E-state index contributed by atoms with van der Waals surface area (Å²) in [6, 6.07) is 17.6. The number of hydrazone groups is 1. The highest BCUT2D eigenvalue weighted by Crippen LogP contribution is 2.24. The number of benzene rings is 2. The number of thioether (sulfide) groups is 1. The van der Waals surface area contributed by atoms with Gasteiger partial charge in [-0.05, 0) is 36.6 Å². The maximum atomic E-state index is 12.2. The van der Waals surface area contributed by atoms with Gasteiger partial charge < -0.3 is 10.1 Å². The topological polar surface area (TPSA) is 62.7 Å². The van der Waals surface area contributed by atoms with Gasteiger partial charge in [0.15, 0.2) is 5.17 Å². The van der Waals surface area contributed by atoms with Gasteiger partial charge in [0, 0.05) is 0 Å². The average Bonchev–Trinajstić information content (AvgIpc) is 3.02. The number of carbonyl (C=O) groups is 1. The lowest BCUT2D eigenvalue weighted by Gasteiger charge is -2.07. The first-order valence-electron chi connectivity index (χ1n) is 8.43. The van der Waals surface area contributed by atoms with E-state index in [0.717, 1.165) is 16.9 Å². The van der Waals surface area contributed by atoms with Crippen LogP contribution in [0.1, 0.15) is 18.1 Å². The van der Waals surface area contributed by atoms with Crippen LogP contribution in [0.3, 0.4) is 0 Å². The lowest BCUT2D eigenvalue weighted by Crippen LogP contribution is -2.26. The molecule has 1 aliphatic heterocycles. The van der Waals surface area contributed by atoms with Crippen LogP contribution in [0.5, 0.6) is 5.75 Å². The molecule has 0 radical (unpaired) electrons. The molecule has 26 heavy (non-hydrogen) atoms. The first-order chi connectivity index (χ1) is 12.7. The van der Waals surface area contributed by atoms with Crippen molar-refractivity contribution in [3.63, 3.8) is 0 Å². The van der Waals surface area contributed by atoms with Crippen molar-refractivity contribution in [3.05, 3.63) is 72.3 Å². The molecule has 1 heterocycles. The number of hydrogen-bond donors (Lipinski definition) is 2. The Morgan fingerprint density at radius 2 is 1.96 bits per heavy atom. The van der Waals surface area contributed by atoms with Crippen molar-refractivity contribution in [1.29, 1.82) is 0 Å². The Kier molecular flexibility index (Phi) is 5.96. The zero-order valence-corrected chi connectivity index (χ0v) is 15.4. The van der Waals surface area contributed by atoms with E-state index in [-0.39, 0.29) is 11.2 Å². The number of ether oxygens (including phenoxy) is 1. The number of rotatable bonds is 7. The van der Waals surface area contributed by atoms with E-state index in [1.165, 1.54) is 11.8 Å². The van der Waals surface area contributed by atoms with E-state index in [1.807, 2.05) is 61.5 Å². The van der Waals surface area contributed by atoms with E-state index in [0.29, 0.717) is 23.9 Å². The maximum Gasteiger partial charge on any atom is 0.239 e. The normalized spacial score (nSPS) is 17.8. The van der Waals surface area contributed by atoms with Gasteiger partial charge in [-0.15, -0.1) is 5.10 Å². The van der Waals surface area contributed by atoms with Crippen molar-refractivity contribution >= 4 is 28.5 Å². The molecule has 2 aromatic carbocycles. The first-order valence-corrected chi connectivity index (χ1v) is 9.31. The number of amidine groups is 1. The van der Waals surface area contributed by atoms with Gasteiger partial charge in [0.05, 0.1) is 17.6 Å². The van der Waals surface area contributed by atoms with Crippen LogP contribution >= 0.6 is 11.8 Å². The monoisotopic (exact) mass is 367 g/mol. The van der Waals surface area contributed by atoms with Gasteiger partial charge in [0.25, 0.3) is 0 Å². The molecule has 1 atom stereocenters. The van der Waals surface area contributed by atoms with Crippen molar-refractivity contribution in [2.45, 2.75) is 18.6 Å². The Morgan fingerprint density at radius 3 is 2.65 bits per heavy atom. The molecule has 3 rings (SSSR count). The molecule has 0 aliphatic carbocycles. The Labute approximate surface area is 157 Å². The molecule has 1 aliphatic rings. The number of nitrogens with zero attached hydrogens (tertiary/aromatic N) is 1. The summed E-state index contributed by atoms with van der Waals surface area (Å²) >= 11 is 1.42. The Morgan fingerprint density at radius 1 is 1.23 bits per heavy atom. The third kappa shape index (κ3) is 4.67. The molecule has 2 aromatic rings. The van der Waals surface area contributed by atoms with Crippen LogP contribution < -0.4 is 15.5 Å². The fourth-order valence-electron chi connectivity index (χ4n) is 2.52. The molecule has 5 nitrogen and oxygen atoms in total. The fourth-order valence-corrected chi connectivity index (χ4v) is 3.49. The number of amides is 1. The third-order valence-corrected chi connectivity index (χ3v) is 4.93. The van der Waals surface area contributed by atoms with E-state index in [1.54, 1.807) is 0 Å². The quantitative estimate of drug-likeness (QED) is 0.737. The fraction of sp³-hybridized carbons (Fsp3) is 0.200. The van der Waals surface area contributed by atoms with Crippen LogP contribution in [0.25, 0.3) is 5.70 Å². The Balaban J connectivity index is 1.57. The standard InChI is InChI=1S/C20H21N3O2S/c1-3-25-17-11-9-15(10-12-17)13-18-19(24)21-20(26-18)23-22-14(2)16-7-5-4-6-8-16/h4-12,18,22H,2-3,13H2,1H3,(H,21,23,24)/t18-/m1/s1. The largest absolute Gasteiger partial charge is 0.494 e. The van der Waals surface area contributed by atoms with E-state index in [2.05, 4.69) is 22.4 Å². The van der Waals surface area contributed by atoms with Gasteiger partial charge >= 0.3 is 0 Å². The molecule has 0 unspecified atom stereocenters. The van der Waals surface area contributed by atoms with Crippen LogP contribution in [-0.4, -0.2) is 22.9 Å². The highest BCUT2D eigenvalue weighted by Gasteiger charge is 2.30. The van der Waals surface area contributed by atoms with Crippen molar-refractivity contribution in [2.75, 3.05) is 6.61 Å². The summed E-state index contributed by atoms with van der Waals surface area (Å²) in [5.41, 5.74) is 5.63. The zero-order chi connectivity index (χ0) is 18.4. The van der Waals surface area contributed by atoms with Crippen LogP contribution in [0, 0.1) is 0 Å². The van der Waals surface area contributed by atoms with Gasteiger partial charge in [0.1, 0.15) is 5.75 Å². The summed E-state index contributed by atoms with van der Waals surface area (Å²) in [6.07, 6.45) is 0.640. The molecule has 1 saturated heterocycles. The summed E-state index contributed by atoms with van der Waals surface area (Å²) in [6.45, 7) is 6.56. The highest BCUT2D eigenvalue weighted by atomic mass is 32.2. The molecular formula is C20H21N3O2S. The average molecular weight is 367 g/mol. The van der Waals surface area contributed by atoms with E-state index >= 15 is 0 Å². The second kappa shape index (κ2) is 8.58. The number of nitrogens with one attached hydrogen (secondary N) is 2. The number of carbonyl (C=O) groups excluding carboxylic acids is 1. The van der Waals surface area contributed by atoms with Gasteiger partial charge in [-0.3, -0.25) is 10.2 Å². The van der Waals surface area contributed by atoms with Crippen LogP contribution in [0.15, 0.2) is 66.3 Å². The van der Waals surface area contributed by atoms with Gasteiger partial charge in [-0.2, -0.15) is 0 Å². The molecule has 0 aromatic heterocycles. The SMILES string of the molecule is C=C(N/N=C1\NC(=O)[C@@H](Cc2ccc(OCC)cc2)S1)c1ccccc1. The maximum absolute atomic E-state index is 12.2. The molecule has 0 spiro atoms. The molecule has 134 valence electrons. The number of hydrogen-bond acceptors (Lipinski definition) is 5. The molecule has 0 saturated carbocycles. The van der Waals surface area contributed by atoms with Crippen molar-refractivity contribution < 1.29 is 9.53 Å². The van der Waals surface area contributed by atoms with Crippen LogP contribution in [-0.2, 0) is 11.2 Å². The lowest BCUT2D eigenvalue weighted by atomic mass is 10.1. The van der Waals surface area contributed by atoms with E-state index in [9.17, 15) is 4.79 Å². The van der Waals surface area contributed by atoms with Gasteiger partial charge in [-0.25, -0.2) is 0 Å². The minimum Gasteiger partial charge on any atom is -0.494 e. The minimum absolute atomic E-state index is 0.0326. The van der Waals surface area contributed by atoms with E-state index < -0.39 is 0 Å². The lowest BCUT2D eigenvalue weighted by molar-refractivity contribution is -0.118. The molecular weight excluding hydrogens is 346 g/mol. The Hall–Kier alpha value is -2.73. The van der Waals surface area contributed by atoms with Crippen LogP contribution in [0.4, 0.5) is 0 Å². The second-order valence-electron chi connectivity index (χ2n) is 5.75. The smallest absolute Gasteiger partial charge is 0.239 e. The molecule has 2 N–H and O–H groups in total. The summed E-state index contributed by atoms with van der Waals surface area (Å²) in [5.74, 6) is 0.806. The van der Waals surface area contributed by atoms with Gasteiger partial charge in [0.2, 0.25) is 5.91 Å². The van der Waals surface area contributed by atoms with Crippen molar-refractivity contribution in [3.8, 4) is 5.75 Å². The molecule has 6 heteroatoms. The predicted octanol–water partition coefficient (Wildman–Crippen LogP) is 3.39. The highest BCUT2D eigenvalue weighted by molar-refractivity contribution is 8.15. The summed E-state index contributed by atoms with van der Waals surface area (Å²) in [5, 5.41) is 7.43. The second-order valence-corrected chi connectivity index (χ2v) is 6.94. The van der Waals surface area contributed by atoms with Crippen molar-refractivity contribution in [2.24, 2.45) is 5.10 Å².